The summed E-state index contributed by atoms with van der Waals surface area (Å²) in [5.41, 5.74) is -2.71. The number of aromatic nitrogens is 2. The Kier molecular flexibility index (Phi) is 5.21. The molecule has 2 heterocycles. The summed E-state index contributed by atoms with van der Waals surface area (Å²) >= 11 is 5.86. The number of carbonyl (C=O) groups excluding carboxylic acids is 1. The second kappa shape index (κ2) is 6.61. The zero-order chi connectivity index (χ0) is 19.0. The Hall–Kier alpha value is -1.60. The first-order valence-corrected chi connectivity index (χ1v) is 8.63. The van der Waals surface area contributed by atoms with Gasteiger partial charge < -0.3 is 19.3 Å². The lowest BCUT2D eigenvalue weighted by atomic mass is 9.70. The van der Waals surface area contributed by atoms with E-state index >= 15 is 0 Å². The van der Waals surface area contributed by atoms with Crippen LogP contribution >= 0.6 is 11.6 Å². The second-order valence-corrected chi connectivity index (χ2v) is 8.63. The SMILES string of the molecule is CC(C)(C)OC(=O)N1CCC(O)(Cn2cc(Cl)ncc2=O)C(C)(C)C1. The van der Waals surface area contributed by atoms with Crippen molar-refractivity contribution < 1.29 is 14.6 Å². The summed E-state index contributed by atoms with van der Waals surface area (Å²) in [5.74, 6) is 0. The summed E-state index contributed by atoms with van der Waals surface area (Å²) in [6.45, 7) is 9.95. The molecule has 1 aliphatic rings. The molecule has 7 nitrogen and oxygen atoms in total. The minimum absolute atomic E-state index is 0.0865. The van der Waals surface area contributed by atoms with E-state index in [1.54, 1.807) is 4.90 Å². The zero-order valence-electron chi connectivity index (χ0n) is 15.4. The van der Waals surface area contributed by atoms with Gasteiger partial charge in [-0.15, -0.1) is 0 Å². The fourth-order valence-electron chi connectivity index (χ4n) is 2.96. The molecular weight excluding hydrogens is 346 g/mol. The Balaban J connectivity index is 2.18. The van der Waals surface area contributed by atoms with Gasteiger partial charge in [0.25, 0.3) is 5.56 Å². The van der Waals surface area contributed by atoms with Crippen LogP contribution < -0.4 is 5.56 Å². The maximum atomic E-state index is 12.3. The molecule has 0 saturated carbocycles. The molecule has 2 rings (SSSR count). The average molecular weight is 372 g/mol. The van der Waals surface area contributed by atoms with E-state index < -0.39 is 22.7 Å². The molecule has 25 heavy (non-hydrogen) atoms. The molecule has 8 heteroatoms. The summed E-state index contributed by atoms with van der Waals surface area (Å²) < 4.78 is 6.78. The highest BCUT2D eigenvalue weighted by molar-refractivity contribution is 6.29. The summed E-state index contributed by atoms with van der Waals surface area (Å²) in [6, 6.07) is 0. The highest BCUT2D eigenvalue weighted by atomic mass is 35.5. The fourth-order valence-corrected chi connectivity index (χ4v) is 3.13. The standard InChI is InChI=1S/C17H26ClN3O4/c1-15(2,3)25-14(23)20-7-6-17(24,16(4,5)10-20)11-21-9-12(18)19-8-13(21)22/h8-9,24H,6-7,10-11H2,1-5H3. The van der Waals surface area contributed by atoms with Gasteiger partial charge in [0.15, 0.2) is 0 Å². The Labute approximate surface area is 152 Å². The van der Waals surface area contributed by atoms with Crippen LogP contribution in [0.3, 0.4) is 0 Å². The topological polar surface area (TPSA) is 84.7 Å². The van der Waals surface area contributed by atoms with Crippen molar-refractivity contribution >= 4 is 17.7 Å². The highest BCUT2D eigenvalue weighted by Crippen LogP contribution is 2.40. The van der Waals surface area contributed by atoms with Crippen molar-refractivity contribution in [2.45, 2.75) is 58.8 Å². The number of carbonyl (C=O) groups is 1. The Morgan fingerprint density at radius 2 is 2.08 bits per heavy atom. The lowest BCUT2D eigenvalue weighted by Crippen LogP contribution is -2.61. The number of nitrogens with zero attached hydrogens (tertiary/aromatic N) is 3. The first-order valence-electron chi connectivity index (χ1n) is 8.25. The van der Waals surface area contributed by atoms with E-state index in [1.165, 1.54) is 10.8 Å². The van der Waals surface area contributed by atoms with Crippen LogP contribution in [-0.2, 0) is 11.3 Å². The van der Waals surface area contributed by atoms with Crippen LogP contribution in [0.25, 0.3) is 0 Å². The number of hydrogen-bond acceptors (Lipinski definition) is 5. The van der Waals surface area contributed by atoms with E-state index in [0.29, 0.717) is 19.5 Å². The van der Waals surface area contributed by atoms with Crippen LogP contribution in [0.2, 0.25) is 5.15 Å². The quantitative estimate of drug-likeness (QED) is 0.862. The summed E-state index contributed by atoms with van der Waals surface area (Å²) in [7, 11) is 0. The molecule has 0 aliphatic carbocycles. The van der Waals surface area contributed by atoms with Crippen LogP contribution in [-0.4, -0.2) is 49.9 Å². The van der Waals surface area contributed by atoms with Crippen molar-refractivity contribution in [1.82, 2.24) is 14.5 Å². The van der Waals surface area contributed by atoms with Crippen molar-refractivity contribution in [3.05, 3.63) is 27.9 Å². The maximum absolute atomic E-state index is 12.3. The maximum Gasteiger partial charge on any atom is 0.410 e. The first-order chi connectivity index (χ1) is 11.3. The second-order valence-electron chi connectivity index (χ2n) is 8.24. The van der Waals surface area contributed by atoms with Gasteiger partial charge in [-0.05, 0) is 27.2 Å². The van der Waals surface area contributed by atoms with Gasteiger partial charge in [-0.25, -0.2) is 9.78 Å². The van der Waals surface area contributed by atoms with Gasteiger partial charge in [-0.2, -0.15) is 0 Å². The molecule has 1 N–H and O–H groups in total. The molecule has 140 valence electrons. The number of rotatable bonds is 2. The number of piperidine rings is 1. The lowest BCUT2D eigenvalue weighted by molar-refractivity contribution is -0.126. The van der Waals surface area contributed by atoms with Gasteiger partial charge >= 0.3 is 6.09 Å². The van der Waals surface area contributed by atoms with E-state index in [9.17, 15) is 14.7 Å². The Morgan fingerprint density at radius 3 is 2.64 bits per heavy atom. The number of aliphatic hydroxyl groups is 1. The van der Waals surface area contributed by atoms with E-state index in [2.05, 4.69) is 4.98 Å². The fraction of sp³-hybridized carbons (Fsp3) is 0.706. The van der Waals surface area contributed by atoms with Crippen LogP contribution in [0.15, 0.2) is 17.2 Å². The van der Waals surface area contributed by atoms with E-state index in [-0.39, 0.29) is 17.3 Å². The minimum atomic E-state index is -1.17. The van der Waals surface area contributed by atoms with Crippen LogP contribution in [0.1, 0.15) is 41.0 Å². The smallest absolute Gasteiger partial charge is 0.410 e. The molecule has 1 aliphatic heterocycles. The molecule has 0 bridgehead atoms. The molecule has 0 spiro atoms. The van der Waals surface area contributed by atoms with Crippen LogP contribution in [0.5, 0.6) is 0 Å². The van der Waals surface area contributed by atoms with Crippen molar-refractivity contribution in [2.75, 3.05) is 13.1 Å². The zero-order valence-corrected chi connectivity index (χ0v) is 16.1. The Morgan fingerprint density at radius 1 is 1.44 bits per heavy atom. The van der Waals surface area contributed by atoms with Gasteiger partial charge in [0, 0.05) is 24.7 Å². The molecule has 1 aromatic heterocycles. The normalized spacial score (nSPS) is 23.4. The van der Waals surface area contributed by atoms with Gasteiger partial charge in [-0.3, -0.25) is 4.79 Å². The number of ether oxygens (including phenoxy) is 1. The molecule has 1 fully saturated rings. The number of likely N-dealkylation sites (tertiary alicyclic amines) is 1. The van der Waals surface area contributed by atoms with Gasteiger partial charge in [0.1, 0.15) is 10.8 Å². The molecule has 0 aromatic carbocycles. The van der Waals surface area contributed by atoms with Crippen LogP contribution in [0.4, 0.5) is 4.79 Å². The third kappa shape index (κ3) is 4.52. The first kappa shape index (κ1) is 19.7. The number of amides is 1. The minimum Gasteiger partial charge on any atom is -0.444 e. The van der Waals surface area contributed by atoms with Crippen molar-refractivity contribution in [3.8, 4) is 0 Å². The predicted octanol–water partition coefficient (Wildman–Crippen LogP) is 2.29. The molecule has 0 radical (unpaired) electrons. The molecule has 1 amide bonds. The third-order valence-corrected chi connectivity index (χ3v) is 4.76. The number of hydrogen-bond donors (Lipinski definition) is 1. The third-order valence-electron chi connectivity index (χ3n) is 4.57. The van der Waals surface area contributed by atoms with Crippen molar-refractivity contribution in [3.63, 3.8) is 0 Å². The largest absolute Gasteiger partial charge is 0.444 e. The summed E-state index contributed by atoms with van der Waals surface area (Å²) in [5, 5.41) is 11.4. The monoisotopic (exact) mass is 371 g/mol. The van der Waals surface area contributed by atoms with Crippen molar-refractivity contribution in [2.24, 2.45) is 5.41 Å². The summed E-state index contributed by atoms with van der Waals surface area (Å²) in [4.78, 5) is 29.6. The van der Waals surface area contributed by atoms with Crippen LogP contribution in [0, 0.1) is 5.41 Å². The molecule has 1 unspecified atom stereocenters. The van der Waals surface area contributed by atoms with E-state index in [0.717, 1.165) is 6.20 Å². The molecule has 1 aromatic rings. The van der Waals surface area contributed by atoms with Gasteiger partial charge in [0.05, 0.1) is 18.3 Å². The van der Waals surface area contributed by atoms with Crippen molar-refractivity contribution in [1.29, 1.82) is 0 Å². The molecule has 1 saturated heterocycles. The van der Waals surface area contributed by atoms with E-state index in [4.69, 9.17) is 16.3 Å². The predicted molar refractivity (Wildman–Crippen MR) is 94.7 cm³/mol. The average Bonchev–Trinajstić information content (AvgIpc) is 2.44. The summed E-state index contributed by atoms with van der Waals surface area (Å²) in [6.07, 6.45) is 2.48. The highest BCUT2D eigenvalue weighted by Gasteiger charge is 2.49. The lowest BCUT2D eigenvalue weighted by Gasteiger charge is -2.50. The Bertz CT molecular complexity index is 711. The molecule has 1 atom stereocenters. The van der Waals surface area contributed by atoms with Gasteiger partial charge in [-0.1, -0.05) is 25.4 Å². The molecular formula is C17H26ClN3O4. The van der Waals surface area contributed by atoms with Gasteiger partial charge in [0.2, 0.25) is 0 Å². The number of halogens is 1. The van der Waals surface area contributed by atoms with E-state index in [1.807, 2.05) is 34.6 Å².